The first-order chi connectivity index (χ1) is 7.50. The van der Waals surface area contributed by atoms with Crippen LogP contribution in [0.4, 0.5) is 0 Å². The Kier molecular flexibility index (Phi) is 3.53. The average molecular weight is 225 g/mol. The molecule has 3 atom stereocenters. The molecule has 5 nitrogen and oxygen atoms in total. The topological polar surface area (TPSA) is 76.4 Å². The zero-order chi connectivity index (χ0) is 12.3. The normalized spacial score (nSPS) is 33.0. The van der Waals surface area contributed by atoms with Crippen molar-refractivity contribution in [3.63, 3.8) is 0 Å². The van der Waals surface area contributed by atoms with Crippen LogP contribution in [0.1, 0.15) is 27.2 Å². The minimum Gasteiger partial charge on any atom is -0.465 e. The molecule has 0 radical (unpaired) electrons. The molecule has 1 aliphatic heterocycles. The third-order valence-electron chi connectivity index (χ3n) is 2.96. The second kappa shape index (κ2) is 4.52. The van der Waals surface area contributed by atoms with E-state index >= 15 is 0 Å². The van der Waals surface area contributed by atoms with Gasteiger partial charge >= 0.3 is 11.9 Å². The predicted molar refractivity (Wildman–Crippen MR) is 54.0 cm³/mol. The number of ether oxygens (including phenoxy) is 2. The number of hydrogen-bond donors (Lipinski definition) is 0. The Morgan fingerprint density at radius 2 is 2.25 bits per heavy atom. The average Bonchev–Trinajstić information content (AvgIpc) is 2.50. The van der Waals surface area contributed by atoms with Crippen molar-refractivity contribution in [2.75, 3.05) is 6.61 Å². The molecule has 0 aromatic rings. The van der Waals surface area contributed by atoms with Gasteiger partial charge in [0.2, 0.25) is 0 Å². The van der Waals surface area contributed by atoms with Crippen molar-refractivity contribution in [1.29, 1.82) is 5.26 Å². The molecule has 16 heavy (non-hydrogen) atoms. The van der Waals surface area contributed by atoms with Crippen molar-refractivity contribution >= 4 is 11.9 Å². The van der Waals surface area contributed by atoms with E-state index in [9.17, 15) is 9.59 Å². The van der Waals surface area contributed by atoms with E-state index in [1.54, 1.807) is 13.8 Å². The number of hydrogen-bond acceptors (Lipinski definition) is 5. The number of esters is 2. The van der Waals surface area contributed by atoms with Gasteiger partial charge in [0.1, 0.15) is 11.5 Å². The lowest BCUT2D eigenvalue weighted by Gasteiger charge is -2.24. The maximum atomic E-state index is 11.6. The Labute approximate surface area is 94.3 Å². The van der Waals surface area contributed by atoms with Crippen LogP contribution in [-0.2, 0) is 19.1 Å². The summed E-state index contributed by atoms with van der Waals surface area (Å²) in [6, 6.07) is 1.98. The molecule has 1 rings (SSSR count). The molecule has 88 valence electrons. The van der Waals surface area contributed by atoms with Gasteiger partial charge in [-0.15, -0.1) is 0 Å². The standard InChI is InChI=1S/C11H15NO4/c1-4-11(3)7(6-12)8(10(14)16-11)9(13)15-5-2/h7-8H,4-5H2,1-3H3/t7-,8-,11-/m1/s1. The van der Waals surface area contributed by atoms with Crippen LogP contribution in [-0.4, -0.2) is 24.1 Å². The molecular weight excluding hydrogens is 210 g/mol. The first-order valence-electron chi connectivity index (χ1n) is 5.29. The van der Waals surface area contributed by atoms with Gasteiger partial charge in [-0.05, 0) is 20.3 Å². The summed E-state index contributed by atoms with van der Waals surface area (Å²) in [5.74, 6) is -3.20. The van der Waals surface area contributed by atoms with Crippen molar-refractivity contribution in [1.82, 2.24) is 0 Å². The Hall–Kier alpha value is -1.57. The molecule has 0 aromatic heterocycles. The summed E-state index contributed by atoms with van der Waals surface area (Å²) in [6.07, 6.45) is 0.493. The third-order valence-corrected chi connectivity index (χ3v) is 2.96. The molecular formula is C11H15NO4. The highest BCUT2D eigenvalue weighted by atomic mass is 16.6. The van der Waals surface area contributed by atoms with Gasteiger partial charge in [-0.2, -0.15) is 5.26 Å². The molecule has 1 saturated heterocycles. The van der Waals surface area contributed by atoms with Crippen LogP contribution in [0.2, 0.25) is 0 Å². The molecule has 0 bridgehead atoms. The SMILES string of the molecule is CCOC(=O)[C@@H]1C(=O)O[C@](C)(CC)[C@@H]1C#N. The highest BCUT2D eigenvalue weighted by molar-refractivity contribution is 5.97. The Morgan fingerprint density at radius 1 is 1.62 bits per heavy atom. The largest absolute Gasteiger partial charge is 0.465 e. The lowest BCUT2D eigenvalue weighted by Crippen LogP contribution is -2.34. The van der Waals surface area contributed by atoms with E-state index in [1.807, 2.05) is 13.0 Å². The quantitative estimate of drug-likeness (QED) is 0.529. The minimum atomic E-state index is -1.10. The van der Waals surface area contributed by atoms with Crippen molar-refractivity contribution in [3.8, 4) is 6.07 Å². The van der Waals surface area contributed by atoms with Gasteiger partial charge in [0.25, 0.3) is 0 Å². The maximum Gasteiger partial charge on any atom is 0.322 e. The number of cyclic esters (lactones) is 1. The molecule has 0 saturated carbocycles. The van der Waals surface area contributed by atoms with Crippen molar-refractivity contribution in [3.05, 3.63) is 0 Å². The molecule has 0 aliphatic carbocycles. The van der Waals surface area contributed by atoms with Gasteiger partial charge in [0, 0.05) is 0 Å². The number of carbonyl (C=O) groups excluding carboxylic acids is 2. The molecule has 1 fully saturated rings. The van der Waals surface area contributed by atoms with Crippen LogP contribution < -0.4 is 0 Å². The molecule has 0 spiro atoms. The second-order valence-electron chi connectivity index (χ2n) is 3.92. The fourth-order valence-electron chi connectivity index (χ4n) is 1.81. The van der Waals surface area contributed by atoms with Crippen LogP contribution >= 0.6 is 0 Å². The smallest absolute Gasteiger partial charge is 0.322 e. The molecule has 0 aromatic carbocycles. The predicted octanol–water partition coefficient (Wildman–Crippen LogP) is 1.03. The zero-order valence-corrected chi connectivity index (χ0v) is 9.65. The summed E-state index contributed by atoms with van der Waals surface area (Å²) in [6.45, 7) is 5.31. The monoisotopic (exact) mass is 225 g/mol. The lowest BCUT2D eigenvalue weighted by molar-refractivity contribution is -0.158. The molecule has 5 heteroatoms. The van der Waals surface area contributed by atoms with Crippen LogP contribution in [0.5, 0.6) is 0 Å². The Bertz CT molecular complexity index is 338. The summed E-state index contributed by atoms with van der Waals surface area (Å²) < 4.78 is 9.89. The molecule has 1 aliphatic rings. The Balaban J connectivity index is 2.98. The van der Waals surface area contributed by atoms with Gasteiger partial charge in [-0.3, -0.25) is 9.59 Å². The minimum absolute atomic E-state index is 0.184. The van der Waals surface area contributed by atoms with Gasteiger partial charge in [0.15, 0.2) is 5.92 Å². The fourth-order valence-corrected chi connectivity index (χ4v) is 1.81. The number of nitrogens with zero attached hydrogens (tertiary/aromatic N) is 1. The summed E-state index contributed by atoms with van der Waals surface area (Å²) in [5, 5.41) is 9.05. The number of nitriles is 1. The number of carbonyl (C=O) groups is 2. The summed E-state index contributed by atoms with van der Waals surface area (Å²) in [4.78, 5) is 23.1. The van der Waals surface area contributed by atoms with Crippen molar-refractivity contribution in [2.24, 2.45) is 11.8 Å². The van der Waals surface area contributed by atoms with E-state index < -0.39 is 29.4 Å². The van der Waals surface area contributed by atoms with Crippen molar-refractivity contribution < 1.29 is 19.1 Å². The fraction of sp³-hybridized carbons (Fsp3) is 0.727. The maximum absolute atomic E-state index is 11.6. The van der Waals surface area contributed by atoms with Gasteiger partial charge < -0.3 is 9.47 Å². The number of rotatable bonds is 3. The van der Waals surface area contributed by atoms with E-state index in [-0.39, 0.29) is 6.61 Å². The van der Waals surface area contributed by atoms with Crippen LogP contribution in [0, 0.1) is 23.2 Å². The van der Waals surface area contributed by atoms with E-state index in [0.717, 1.165) is 0 Å². The summed E-state index contributed by atoms with van der Waals surface area (Å²) in [7, 11) is 0. The molecule has 0 amide bonds. The van der Waals surface area contributed by atoms with Gasteiger partial charge in [-0.25, -0.2) is 0 Å². The first kappa shape index (κ1) is 12.5. The van der Waals surface area contributed by atoms with Crippen LogP contribution in [0.25, 0.3) is 0 Å². The Morgan fingerprint density at radius 3 is 2.69 bits per heavy atom. The van der Waals surface area contributed by atoms with Crippen LogP contribution in [0.3, 0.4) is 0 Å². The van der Waals surface area contributed by atoms with E-state index in [2.05, 4.69) is 0 Å². The van der Waals surface area contributed by atoms with E-state index in [1.165, 1.54) is 0 Å². The van der Waals surface area contributed by atoms with Gasteiger partial charge in [-0.1, -0.05) is 6.92 Å². The first-order valence-corrected chi connectivity index (χ1v) is 5.29. The highest BCUT2D eigenvalue weighted by Crippen LogP contribution is 2.39. The summed E-state index contributed by atoms with van der Waals surface area (Å²) in [5.41, 5.74) is -0.886. The van der Waals surface area contributed by atoms with Crippen LogP contribution in [0.15, 0.2) is 0 Å². The third kappa shape index (κ3) is 1.87. The molecule has 0 N–H and O–H groups in total. The molecule has 1 heterocycles. The summed E-state index contributed by atoms with van der Waals surface area (Å²) >= 11 is 0. The zero-order valence-electron chi connectivity index (χ0n) is 9.65. The lowest BCUT2D eigenvalue weighted by atomic mass is 9.81. The van der Waals surface area contributed by atoms with Gasteiger partial charge in [0.05, 0.1) is 12.7 Å². The van der Waals surface area contributed by atoms with Crippen molar-refractivity contribution in [2.45, 2.75) is 32.8 Å². The second-order valence-corrected chi connectivity index (χ2v) is 3.92. The van der Waals surface area contributed by atoms with E-state index in [4.69, 9.17) is 14.7 Å². The molecule has 0 unspecified atom stereocenters. The van der Waals surface area contributed by atoms with E-state index in [0.29, 0.717) is 6.42 Å². The highest BCUT2D eigenvalue weighted by Gasteiger charge is 2.56.